The van der Waals surface area contributed by atoms with Gasteiger partial charge in [-0.05, 0) is 60.9 Å². The molecule has 5 rings (SSSR count). The van der Waals surface area contributed by atoms with Crippen molar-refractivity contribution in [1.29, 1.82) is 0 Å². The zero-order valence-corrected chi connectivity index (χ0v) is 17.4. The summed E-state index contributed by atoms with van der Waals surface area (Å²) in [4.78, 5) is 21.5. The van der Waals surface area contributed by atoms with Gasteiger partial charge in [0.1, 0.15) is 0 Å². The van der Waals surface area contributed by atoms with Gasteiger partial charge in [0.05, 0.1) is 47.9 Å². The lowest BCUT2D eigenvalue weighted by molar-refractivity contribution is 0.0950. The largest absolute Gasteiger partial charge is 0.346 e. The van der Waals surface area contributed by atoms with Gasteiger partial charge in [-0.25, -0.2) is 4.98 Å². The van der Waals surface area contributed by atoms with Crippen LogP contribution in [0.4, 0.5) is 0 Å². The summed E-state index contributed by atoms with van der Waals surface area (Å²) in [7, 11) is 0. The third-order valence-corrected chi connectivity index (χ3v) is 5.31. The van der Waals surface area contributed by atoms with Crippen molar-refractivity contribution in [2.45, 2.75) is 26.9 Å². The van der Waals surface area contributed by atoms with Crippen LogP contribution in [-0.2, 0) is 13.1 Å². The van der Waals surface area contributed by atoms with Crippen LogP contribution in [0.15, 0.2) is 67.5 Å². The molecule has 0 aliphatic carbocycles. The van der Waals surface area contributed by atoms with Gasteiger partial charge in [-0.3, -0.25) is 14.5 Å². The molecule has 5 aromatic rings. The topological polar surface area (TPSA) is 77.1 Å². The Balaban J connectivity index is 1.27. The molecule has 0 atom stereocenters. The minimum Gasteiger partial charge on any atom is -0.346 e. The minimum absolute atomic E-state index is 0.168. The predicted molar refractivity (Wildman–Crippen MR) is 119 cm³/mol. The van der Waals surface area contributed by atoms with E-state index in [1.165, 1.54) is 0 Å². The summed E-state index contributed by atoms with van der Waals surface area (Å²) in [5, 5.41) is 8.40. The van der Waals surface area contributed by atoms with Crippen LogP contribution < -0.4 is 5.32 Å². The molecule has 7 heteroatoms. The van der Waals surface area contributed by atoms with E-state index >= 15 is 0 Å². The van der Waals surface area contributed by atoms with Crippen LogP contribution in [0.2, 0.25) is 0 Å². The molecule has 0 spiro atoms. The fraction of sp³-hybridized carbons (Fsp3) is 0.167. The molecular formula is C24H22N6O. The molecule has 0 saturated carbocycles. The van der Waals surface area contributed by atoms with Crippen LogP contribution in [0.25, 0.3) is 16.4 Å². The number of pyridine rings is 2. The SMILES string of the molecule is Cc1cnc2ccc(Cn3cc(C(=O)NCc4ncn5ccc(C)cc45)cn3)cc2c1. The molecular weight excluding hydrogens is 388 g/mol. The number of amides is 1. The van der Waals surface area contributed by atoms with Gasteiger partial charge in [0.2, 0.25) is 0 Å². The summed E-state index contributed by atoms with van der Waals surface area (Å²) >= 11 is 0. The Bertz CT molecular complexity index is 1410. The van der Waals surface area contributed by atoms with E-state index < -0.39 is 0 Å². The zero-order chi connectivity index (χ0) is 21.4. The van der Waals surface area contributed by atoms with E-state index in [9.17, 15) is 4.79 Å². The highest BCUT2D eigenvalue weighted by Gasteiger charge is 2.11. The number of hydrogen-bond donors (Lipinski definition) is 1. The lowest BCUT2D eigenvalue weighted by Gasteiger charge is -2.05. The Morgan fingerprint density at radius 2 is 1.94 bits per heavy atom. The number of aromatic nitrogens is 5. The number of nitrogens with zero attached hydrogens (tertiary/aromatic N) is 5. The van der Waals surface area contributed by atoms with Crippen molar-refractivity contribution in [3.05, 3.63) is 95.5 Å². The van der Waals surface area contributed by atoms with E-state index in [4.69, 9.17) is 0 Å². The van der Waals surface area contributed by atoms with Crippen LogP contribution in [0.5, 0.6) is 0 Å². The van der Waals surface area contributed by atoms with Gasteiger partial charge >= 0.3 is 0 Å². The molecule has 0 bridgehead atoms. The van der Waals surface area contributed by atoms with Crippen LogP contribution in [0.3, 0.4) is 0 Å². The average molecular weight is 410 g/mol. The van der Waals surface area contributed by atoms with Gasteiger partial charge in [-0.15, -0.1) is 0 Å². The molecule has 0 aliphatic heterocycles. The highest BCUT2D eigenvalue weighted by atomic mass is 16.1. The summed E-state index contributed by atoms with van der Waals surface area (Å²) in [6, 6.07) is 12.4. The van der Waals surface area contributed by atoms with Gasteiger partial charge in [0, 0.05) is 24.0 Å². The second-order valence-corrected chi connectivity index (χ2v) is 7.84. The van der Waals surface area contributed by atoms with Gasteiger partial charge in [0.25, 0.3) is 5.91 Å². The molecule has 31 heavy (non-hydrogen) atoms. The molecule has 0 radical (unpaired) electrons. The Labute approximate surface area is 179 Å². The molecule has 7 nitrogen and oxygen atoms in total. The predicted octanol–water partition coefficient (Wildman–Crippen LogP) is 3.67. The van der Waals surface area contributed by atoms with Crippen LogP contribution in [0, 0.1) is 13.8 Å². The summed E-state index contributed by atoms with van der Waals surface area (Å²) < 4.78 is 3.72. The van der Waals surface area contributed by atoms with Crippen LogP contribution in [-0.4, -0.2) is 30.1 Å². The maximum absolute atomic E-state index is 12.6. The summed E-state index contributed by atoms with van der Waals surface area (Å²) in [5.41, 5.74) is 6.72. The number of carbonyl (C=O) groups is 1. The van der Waals surface area contributed by atoms with E-state index in [2.05, 4.69) is 38.6 Å². The molecule has 0 saturated heterocycles. The molecule has 1 aromatic carbocycles. The first-order chi connectivity index (χ1) is 15.0. The molecule has 4 aromatic heterocycles. The van der Waals surface area contributed by atoms with E-state index in [0.29, 0.717) is 18.7 Å². The minimum atomic E-state index is -0.168. The van der Waals surface area contributed by atoms with E-state index in [-0.39, 0.29) is 5.91 Å². The molecule has 0 unspecified atom stereocenters. The number of hydrogen-bond acceptors (Lipinski definition) is 4. The summed E-state index contributed by atoms with van der Waals surface area (Å²) in [6.07, 6.45) is 8.96. The van der Waals surface area contributed by atoms with Crippen molar-refractivity contribution in [2.24, 2.45) is 0 Å². The number of nitrogens with one attached hydrogen (secondary N) is 1. The Kier molecular flexibility index (Phi) is 4.71. The van der Waals surface area contributed by atoms with Gasteiger partial charge in [0.15, 0.2) is 0 Å². The van der Waals surface area contributed by atoms with Crippen molar-refractivity contribution in [2.75, 3.05) is 0 Å². The lowest BCUT2D eigenvalue weighted by Crippen LogP contribution is -2.22. The Hall–Kier alpha value is -4.00. The first kappa shape index (κ1) is 19.0. The van der Waals surface area contributed by atoms with Gasteiger partial charge in [-0.2, -0.15) is 5.10 Å². The van der Waals surface area contributed by atoms with Crippen molar-refractivity contribution in [3.63, 3.8) is 0 Å². The normalized spacial score (nSPS) is 11.3. The fourth-order valence-corrected chi connectivity index (χ4v) is 3.69. The van der Waals surface area contributed by atoms with E-state index in [0.717, 1.165) is 38.8 Å². The summed E-state index contributed by atoms with van der Waals surface area (Å²) in [6.45, 7) is 5.02. The highest BCUT2D eigenvalue weighted by Crippen LogP contribution is 2.16. The van der Waals surface area contributed by atoms with E-state index in [1.807, 2.05) is 48.8 Å². The molecule has 4 heterocycles. The van der Waals surface area contributed by atoms with E-state index in [1.54, 1.807) is 23.4 Å². The van der Waals surface area contributed by atoms with Gasteiger partial charge in [-0.1, -0.05) is 6.07 Å². The number of aryl methyl sites for hydroxylation is 2. The maximum atomic E-state index is 12.6. The average Bonchev–Trinajstić information content (AvgIpc) is 3.38. The second-order valence-electron chi connectivity index (χ2n) is 7.84. The molecule has 1 N–H and O–H groups in total. The third kappa shape index (κ3) is 3.90. The summed E-state index contributed by atoms with van der Waals surface area (Å²) in [5.74, 6) is -0.168. The van der Waals surface area contributed by atoms with Crippen LogP contribution in [0.1, 0.15) is 32.7 Å². The standard InChI is InChI=1S/C24H22N6O/c1-16-5-6-29-15-27-22(23(29)8-16)12-26-24(31)20-11-28-30(14-20)13-18-3-4-21-19(9-18)7-17(2)10-25-21/h3-11,14-15H,12-13H2,1-2H3,(H,26,31). The van der Waals surface area contributed by atoms with Crippen molar-refractivity contribution in [1.82, 2.24) is 29.5 Å². The number of imidazole rings is 1. The fourth-order valence-electron chi connectivity index (χ4n) is 3.69. The van der Waals surface area contributed by atoms with Crippen molar-refractivity contribution < 1.29 is 4.79 Å². The zero-order valence-electron chi connectivity index (χ0n) is 17.4. The lowest BCUT2D eigenvalue weighted by atomic mass is 10.1. The maximum Gasteiger partial charge on any atom is 0.254 e. The molecule has 1 amide bonds. The number of rotatable bonds is 5. The van der Waals surface area contributed by atoms with Gasteiger partial charge < -0.3 is 9.72 Å². The van der Waals surface area contributed by atoms with Crippen molar-refractivity contribution in [3.8, 4) is 0 Å². The van der Waals surface area contributed by atoms with Crippen LogP contribution >= 0.6 is 0 Å². The highest BCUT2D eigenvalue weighted by molar-refractivity contribution is 5.93. The Morgan fingerprint density at radius 3 is 2.84 bits per heavy atom. The monoisotopic (exact) mass is 410 g/mol. The second kappa shape index (κ2) is 7.68. The third-order valence-electron chi connectivity index (χ3n) is 5.31. The first-order valence-electron chi connectivity index (χ1n) is 10.1. The molecule has 154 valence electrons. The number of fused-ring (bicyclic) bond motifs is 2. The Morgan fingerprint density at radius 1 is 1.03 bits per heavy atom. The molecule has 0 aliphatic rings. The number of benzene rings is 1. The first-order valence-corrected chi connectivity index (χ1v) is 10.1. The molecule has 0 fully saturated rings. The van der Waals surface area contributed by atoms with Crippen molar-refractivity contribution >= 4 is 22.3 Å². The number of carbonyl (C=O) groups excluding carboxylic acids is 1. The smallest absolute Gasteiger partial charge is 0.254 e. The quantitative estimate of drug-likeness (QED) is 0.480.